The Kier molecular flexibility index (Phi) is 19.9. The van der Waals surface area contributed by atoms with Crippen molar-refractivity contribution >= 4 is 23.5 Å². The molecule has 2 heterocycles. The number of hydrogen-bond acceptors (Lipinski definition) is 6. The van der Waals surface area contributed by atoms with E-state index >= 15 is 0 Å². The third-order valence-electron chi connectivity index (χ3n) is 11.2. The van der Waals surface area contributed by atoms with Crippen LogP contribution in [0.4, 0.5) is 0 Å². The van der Waals surface area contributed by atoms with Crippen molar-refractivity contribution in [3.05, 3.63) is 48.6 Å². The van der Waals surface area contributed by atoms with Crippen molar-refractivity contribution in [2.24, 2.45) is 59.2 Å². The maximum absolute atomic E-state index is 12.3. The molecule has 0 saturated carbocycles. The lowest BCUT2D eigenvalue weighted by Gasteiger charge is -2.28. The normalized spacial score (nSPS) is 39.9. The average Bonchev–Trinajstić information content (AvgIpc) is 3.04. The van der Waals surface area contributed by atoms with Gasteiger partial charge in [0.1, 0.15) is 18.0 Å². The van der Waals surface area contributed by atoms with E-state index in [4.69, 9.17) is 9.47 Å². The Balaban J connectivity index is 0.000000480. The van der Waals surface area contributed by atoms with Crippen LogP contribution in [0.5, 0.6) is 0 Å². The molecule has 6 nitrogen and oxygen atoms in total. The molecule has 0 radical (unpaired) electrons. The highest BCUT2D eigenvalue weighted by Crippen LogP contribution is 2.30. The van der Waals surface area contributed by atoms with Crippen molar-refractivity contribution in [1.29, 1.82) is 0 Å². The molecule has 2 rings (SSSR count). The summed E-state index contributed by atoms with van der Waals surface area (Å²) in [7, 11) is 0. The summed E-state index contributed by atoms with van der Waals surface area (Å²) in [5.41, 5.74) is 0. The first kappa shape index (κ1) is 43.3. The fraction of sp³-hybridized carbons (Fsp3) is 0.714. The van der Waals surface area contributed by atoms with Crippen molar-refractivity contribution in [3.63, 3.8) is 0 Å². The van der Waals surface area contributed by atoms with Gasteiger partial charge in [-0.15, -0.1) is 0 Å². The third kappa shape index (κ3) is 16.1. The molecule has 12 atom stereocenters. The van der Waals surface area contributed by atoms with Crippen LogP contribution in [0.2, 0.25) is 0 Å². The molecule has 272 valence electrons. The van der Waals surface area contributed by atoms with Crippen LogP contribution >= 0.6 is 0 Å². The van der Waals surface area contributed by atoms with Gasteiger partial charge < -0.3 is 9.47 Å². The van der Waals surface area contributed by atoms with Crippen LogP contribution in [0.3, 0.4) is 0 Å². The summed E-state index contributed by atoms with van der Waals surface area (Å²) in [5, 5.41) is 0. The number of allylic oxidation sites excluding steroid dienone is 5. The summed E-state index contributed by atoms with van der Waals surface area (Å²) < 4.78 is 11.0. The van der Waals surface area contributed by atoms with Crippen LogP contribution in [-0.2, 0) is 28.7 Å². The van der Waals surface area contributed by atoms with Gasteiger partial charge in [-0.05, 0) is 81.1 Å². The summed E-state index contributed by atoms with van der Waals surface area (Å²) >= 11 is 0. The highest BCUT2D eigenvalue weighted by atomic mass is 16.5. The minimum atomic E-state index is -0.273. The Morgan fingerprint density at radius 2 is 1.15 bits per heavy atom. The van der Waals surface area contributed by atoms with Gasteiger partial charge in [0.15, 0.2) is 5.78 Å². The van der Waals surface area contributed by atoms with E-state index in [1.807, 2.05) is 71.9 Å². The van der Waals surface area contributed by atoms with E-state index in [2.05, 4.69) is 41.5 Å². The number of ether oxygens (including phenoxy) is 2. The summed E-state index contributed by atoms with van der Waals surface area (Å²) in [6.07, 6.45) is 19.0. The third-order valence-corrected chi connectivity index (χ3v) is 11.2. The lowest BCUT2D eigenvalue weighted by molar-refractivity contribution is -0.150. The van der Waals surface area contributed by atoms with Crippen LogP contribution < -0.4 is 0 Å². The van der Waals surface area contributed by atoms with Crippen LogP contribution in [0.15, 0.2) is 48.6 Å². The van der Waals surface area contributed by atoms with E-state index < -0.39 is 0 Å². The fourth-order valence-electron chi connectivity index (χ4n) is 6.24. The van der Waals surface area contributed by atoms with Gasteiger partial charge in [0, 0.05) is 42.6 Å². The molecule has 0 unspecified atom stereocenters. The number of esters is 2. The van der Waals surface area contributed by atoms with Gasteiger partial charge in [-0.3, -0.25) is 14.4 Å². The van der Waals surface area contributed by atoms with Crippen molar-refractivity contribution in [2.45, 2.75) is 134 Å². The first-order chi connectivity index (χ1) is 22.4. The lowest BCUT2D eigenvalue weighted by Crippen LogP contribution is -2.24. The molecule has 0 aromatic heterocycles. The minimum absolute atomic E-state index is 0.0357. The molecule has 0 aromatic rings. The van der Waals surface area contributed by atoms with Gasteiger partial charge in [-0.25, -0.2) is 4.79 Å². The SMILES string of the molecule is C[C@@H]1[C@@H](C)/C=C/C(=O)O[C@H](C)[C@@H](C)/C=C/CCC(=O)[C@H](C)C[C@@H]1C.C[C@@H]1[C@@H](C)CCC(=O)O[C@H](C)[C@@H](C)/C=C/C=C/C(=O)[C@H](C)C[C@@H]1C. The maximum Gasteiger partial charge on any atom is 0.330 e. The standard InChI is InChI=1S/2C21H34O3/c2*1-14-11-12-21(23)24-19(6)15(2)9-7-8-10-20(22)17(4)13-16(3)18(14)5/h7,9,11-12,14-19H,8,10,13H2,1-6H3;7-10,14-19H,11-13H2,1-6H3/b9-7+,12-11+;9-7+,10-8+/t2*14-,15-,16-,17+,18+,19+/m00/s1. The quantitative estimate of drug-likeness (QED) is 0.189. The fourth-order valence-corrected chi connectivity index (χ4v) is 6.24. The predicted molar refractivity (Wildman–Crippen MR) is 197 cm³/mol. The molecule has 0 amide bonds. The van der Waals surface area contributed by atoms with Gasteiger partial charge >= 0.3 is 11.9 Å². The molecule has 48 heavy (non-hydrogen) atoms. The molecule has 0 spiro atoms. The van der Waals surface area contributed by atoms with Gasteiger partial charge in [0.05, 0.1) is 0 Å². The Hall–Kier alpha value is -2.76. The zero-order valence-electron chi connectivity index (χ0n) is 32.2. The average molecular weight is 669 g/mol. The smallest absolute Gasteiger partial charge is 0.330 e. The number of hydrogen-bond donors (Lipinski definition) is 0. The number of Topliss-reactive ketones (excluding diaryl/α,β-unsaturated/α-hetero) is 1. The monoisotopic (exact) mass is 669 g/mol. The highest BCUT2D eigenvalue weighted by Gasteiger charge is 2.25. The number of ketones is 2. The molecule has 0 fully saturated rings. The number of rotatable bonds is 0. The molecule has 6 heteroatoms. The molecule has 0 N–H and O–H groups in total. The molecule has 2 aliphatic heterocycles. The summed E-state index contributed by atoms with van der Waals surface area (Å²) in [4.78, 5) is 48.6. The second-order valence-electron chi connectivity index (χ2n) is 15.3. The number of cyclic esters (lactones) is 2. The van der Waals surface area contributed by atoms with Crippen molar-refractivity contribution in [3.8, 4) is 0 Å². The molecular formula is C42H68O6. The van der Waals surface area contributed by atoms with E-state index in [1.165, 1.54) is 0 Å². The van der Waals surface area contributed by atoms with Gasteiger partial charge in [0.2, 0.25) is 0 Å². The van der Waals surface area contributed by atoms with Crippen molar-refractivity contribution in [1.82, 2.24) is 0 Å². The zero-order valence-corrected chi connectivity index (χ0v) is 32.2. The summed E-state index contributed by atoms with van der Waals surface area (Å²) in [6.45, 7) is 25.1. The maximum atomic E-state index is 12.3. The first-order valence-electron chi connectivity index (χ1n) is 18.6. The van der Waals surface area contributed by atoms with Gasteiger partial charge in [0.25, 0.3) is 0 Å². The van der Waals surface area contributed by atoms with E-state index in [9.17, 15) is 19.2 Å². The Bertz CT molecular complexity index is 1130. The zero-order chi connectivity index (χ0) is 36.6. The van der Waals surface area contributed by atoms with Gasteiger partial charge in [-0.2, -0.15) is 0 Å². The molecular weight excluding hydrogens is 600 g/mol. The molecule has 0 bridgehead atoms. The molecule has 2 aliphatic rings. The Labute approximate surface area is 293 Å². The molecule has 0 aliphatic carbocycles. The first-order valence-corrected chi connectivity index (χ1v) is 18.6. The summed E-state index contributed by atoms with van der Waals surface area (Å²) in [6, 6.07) is 0. The molecule has 0 aromatic carbocycles. The second kappa shape index (κ2) is 22.1. The van der Waals surface area contributed by atoms with Crippen LogP contribution in [-0.4, -0.2) is 35.7 Å². The number of carbonyl (C=O) groups excluding carboxylic acids is 4. The van der Waals surface area contributed by atoms with Crippen LogP contribution in [0.25, 0.3) is 0 Å². The predicted octanol–water partition coefficient (Wildman–Crippen LogP) is 9.93. The molecule has 0 saturated heterocycles. The minimum Gasteiger partial charge on any atom is -0.462 e. The highest BCUT2D eigenvalue weighted by molar-refractivity contribution is 5.91. The van der Waals surface area contributed by atoms with Crippen LogP contribution in [0, 0.1) is 59.2 Å². The van der Waals surface area contributed by atoms with E-state index in [-0.39, 0.29) is 59.5 Å². The lowest BCUT2D eigenvalue weighted by atomic mass is 9.78. The van der Waals surface area contributed by atoms with Crippen LogP contribution in [0.1, 0.15) is 122 Å². The van der Waals surface area contributed by atoms with Crippen molar-refractivity contribution in [2.75, 3.05) is 0 Å². The summed E-state index contributed by atoms with van der Waals surface area (Å²) in [5.74, 6) is 3.02. The van der Waals surface area contributed by atoms with Gasteiger partial charge in [-0.1, -0.05) is 106 Å². The number of carbonyl (C=O) groups is 4. The van der Waals surface area contributed by atoms with E-state index in [1.54, 1.807) is 18.2 Å². The van der Waals surface area contributed by atoms with E-state index in [0.29, 0.717) is 48.2 Å². The Morgan fingerprint density at radius 1 is 0.562 bits per heavy atom. The largest absolute Gasteiger partial charge is 0.462 e. The van der Waals surface area contributed by atoms with E-state index in [0.717, 1.165) is 25.7 Å². The second-order valence-corrected chi connectivity index (χ2v) is 15.3. The van der Waals surface area contributed by atoms with Crippen molar-refractivity contribution < 1.29 is 28.7 Å². The Morgan fingerprint density at radius 3 is 1.81 bits per heavy atom. The topological polar surface area (TPSA) is 86.7 Å².